The third kappa shape index (κ3) is 3.31. The maximum Gasteiger partial charge on any atom is 0.417 e. The molecule has 0 unspecified atom stereocenters. The number of anilines is 1. The van der Waals surface area contributed by atoms with Gasteiger partial charge in [-0.1, -0.05) is 29.5 Å². The summed E-state index contributed by atoms with van der Waals surface area (Å²) in [5.41, 5.74) is -0.410. The molecule has 0 aliphatic carbocycles. The highest BCUT2D eigenvalue weighted by Crippen LogP contribution is 2.37. The number of nitrogens with zero attached hydrogens (tertiary/aromatic N) is 5. The second-order valence-electron chi connectivity index (χ2n) is 5.74. The minimum atomic E-state index is -4.50. The molecule has 0 aliphatic heterocycles. The lowest BCUT2D eigenvalue weighted by molar-refractivity contribution is -0.137. The Morgan fingerprint density at radius 1 is 1.14 bits per heavy atom. The number of hydrogen-bond donors (Lipinski definition) is 1. The molecule has 11 heteroatoms. The molecule has 1 N–H and O–H groups in total. The normalized spacial score (nSPS) is 11.7. The number of hydrogen-bond acceptors (Lipinski definition) is 6. The highest BCUT2D eigenvalue weighted by Gasteiger charge is 2.33. The van der Waals surface area contributed by atoms with Crippen molar-refractivity contribution in [2.24, 2.45) is 7.05 Å². The maximum absolute atomic E-state index is 13.3. The zero-order chi connectivity index (χ0) is 19.9. The first kappa shape index (κ1) is 18.0. The SMILES string of the molecule is Cn1ncnc1C(=O)Nc1nc2nc(-c3ccccc3C(F)(F)F)ccc2s1. The van der Waals surface area contributed by atoms with Crippen LogP contribution in [0, 0.1) is 0 Å². The van der Waals surface area contributed by atoms with Crippen LogP contribution in [-0.2, 0) is 13.2 Å². The van der Waals surface area contributed by atoms with Crippen LogP contribution >= 0.6 is 11.3 Å². The van der Waals surface area contributed by atoms with Crippen LogP contribution in [0.25, 0.3) is 21.6 Å². The van der Waals surface area contributed by atoms with Gasteiger partial charge in [0.15, 0.2) is 10.8 Å². The van der Waals surface area contributed by atoms with E-state index in [0.29, 0.717) is 4.70 Å². The van der Waals surface area contributed by atoms with E-state index >= 15 is 0 Å². The van der Waals surface area contributed by atoms with Gasteiger partial charge in [0.1, 0.15) is 6.33 Å². The average Bonchev–Trinajstić information content (AvgIpc) is 3.25. The molecule has 1 aromatic carbocycles. The highest BCUT2D eigenvalue weighted by molar-refractivity contribution is 7.22. The predicted molar refractivity (Wildman–Crippen MR) is 96.8 cm³/mol. The minimum absolute atomic E-state index is 0.0328. The van der Waals surface area contributed by atoms with Gasteiger partial charge in [0, 0.05) is 12.6 Å². The summed E-state index contributed by atoms with van der Waals surface area (Å²) in [6, 6.07) is 8.34. The molecule has 0 spiro atoms. The van der Waals surface area contributed by atoms with Gasteiger partial charge >= 0.3 is 6.18 Å². The van der Waals surface area contributed by atoms with Crippen LogP contribution in [0.1, 0.15) is 16.2 Å². The summed E-state index contributed by atoms with van der Waals surface area (Å²) in [7, 11) is 1.58. The van der Waals surface area contributed by atoms with Crippen molar-refractivity contribution in [3.05, 3.63) is 54.1 Å². The van der Waals surface area contributed by atoms with Gasteiger partial charge in [-0.3, -0.25) is 10.1 Å². The van der Waals surface area contributed by atoms with Gasteiger partial charge in [-0.25, -0.2) is 14.6 Å². The van der Waals surface area contributed by atoms with Crippen molar-refractivity contribution in [1.82, 2.24) is 24.7 Å². The number of halogens is 3. The molecule has 0 radical (unpaired) electrons. The second-order valence-corrected chi connectivity index (χ2v) is 6.77. The number of nitrogens with one attached hydrogen (secondary N) is 1. The first-order valence-electron chi connectivity index (χ1n) is 7.92. The Morgan fingerprint density at radius 3 is 2.64 bits per heavy atom. The number of pyridine rings is 1. The van der Waals surface area contributed by atoms with Crippen molar-refractivity contribution in [1.29, 1.82) is 0 Å². The third-order valence-corrected chi connectivity index (χ3v) is 4.82. The molecule has 3 aromatic heterocycles. The number of amides is 1. The fourth-order valence-corrected chi connectivity index (χ4v) is 3.43. The van der Waals surface area contributed by atoms with Crippen LogP contribution in [0.5, 0.6) is 0 Å². The summed E-state index contributed by atoms with van der Waals surface area (Å²) in [5, 5.41) is 6.67. The third-order valence-electron chi connectivity index (χ3n) is 3.90. The van der Waals surface area contributed by atoms with Gasteiger partial charge in [0.2, 0.25) is 5.82 Å². The topological polar surface area (TPSA) is 85.6 Å². The number of fused-ring (bicyclic) bond motifs is 1. The first-order valence-corrected chi connectivity index (χ1v) is 8.74. The van der Waals surface area contributed by atoms with Crippen LogP contribution < -0.4 is 5.32 Å². The summed E-state index contributed by atoms with van der Waals surface area (Å²) < 4.78 is 41.7. The summed E-state index contributed by atoms with van der Waals surface area (Å²) in [6.07, 6.45) is -3.25. The molecule has 0 atom stereocenters. The van der Waals surface area contributed by atoms with Gasteiger partial charge in [-0.15, -0.1) is 0 Å². The molecular weight excluding hydrogens is 393 g/mol. The zero-order valence-corrected chi connectivity index (χ0v) is 15.0. The molecule has 4 aromatic rings. The Hall–Kier alpha value is -3.34. The number of benzene rings is 1. The Morgan fingerprint density at radius 2 is 1.93 bits per heavy atom. The molecule has 28 heavy (non-hydrogen) atoms. The second kappa shape index (κ2) is 6.68. The predicted octanol–water partition coefficient (Wildman–Crippen LogP) is 3.76. The van der Waals surface area contributed by atoms with Crippen LogP contribution in [0.3, 0.4) is 0 Å². The monoisotopic (exact) mass is 404 g/mol. The zero-order valence-electron chi connectivity index (χ0n) is 14.2. The quantitative estimate of drug-likeness (QED) is 0.562. The smallest absolute Gasteiger partial charge is 0.295 e. The average molecular weight is 404 g/mol. The Kier molecular flexibility index (Phi) is 4.30. The molecule has 0 saturated carbocycles. The molecule has 7 nitrogen and oxygen atoms in total. The Labute approximate surface area is 159 Å². The molecule has 0 saturated heterocycles. The van der Waals surface area contributed by atoms with E-state index in [1.807, 2.05) is 0 Å². The molecule has 0 aliphatic rings. The fraction of sp³-hybridized carbons (Fsp3) is 0.118. The van der Waals surface area contributed by atoms with E-state index in [4.69, 9.17) is 0 Å². The first-order chi connectivity index (χ1) is 13.3. The van der Waals surface area contributed by atoms with Gasteiger partial charge in [-0.2, -0.15) is 23.3 Å². The maximum atomic E-state index is 13.3. The van der Waals surface area contributed by atoms with Crippen LogP contribution in [0.15, 0.2) is 42.7 Å². The largest absolute Gasteiger partial charge is 0.417 e. The molecule has 3 heterocycles. The fourth-order valence-electron chi connectivity index (χ4n) is 2.63. The molecule has 4 rings (SSSR count). The van der Waals surface area contributed by atoms with Crippen molar-refractivity contribution in [2.45, 2.75) is 6.18 Å². The van der Waals surface area contributed by atoms with Gasteiger partial charge in [0.05, 0.1) is 16.0 Å². The minimum Gasteiger partial charge on any atom is -0.295 e. The summed E-state index contributed by atoms with van der Waals surface area (Å²) in [5.74, 6) is -0.395. The molecule has 0 bridgehead atoms. The Bertz CT molecular complexity index is 1180. The van der Waals surface area contributed by atoms with Crippen LogP contribution in [-0.4, -0.2) is 30.6 Å². The number of aryl methyl sites for hydroxylation is 1. The van der Waals surface area contributed by atoms with Gasteiger partial charge in [0.25, 0.3) is 5.91 Å². The van der Waals surface area contributed by atoms with Gasteiger partial charge in [-0.05, 0) is 18.2 Å². The van der Waals surface area contributed by atoms with Crippen LogP contribution in [0.4, 0.5) is 18.3 Å². The summed E-state index contributed by atoms with van der Waals surface area (Å²) in [4.78, 5) is 24.5. The standard InChI is InChI=1S/C17H11F3N6OS/c1-26-14(21-8-22-26)15(27)25-16-24-13-12(28-16)7-6-11(23-13)9-4-2-3-5-10(9)17(18,19)20/h2-8H,1H3,(H,23,24,25,27). The van der Waals surface area contributed by atoms with Gasteiger partial charge < -0.3 is 0 Å². The summed E-state index contributed by atoms with van der Waals surface area (Å²) in [6.45, 7) is 0. The van der Waals surface area contributed by atoms with E-state index < -0.39 is 17.6 Å². The number of aromatic nitrogens is 5. The number of carbonyl (C=O) groups excluding carboxylic acids is 1. The Balaban J connectivity index is 1.68. The number of alkyl halides is 3. The van der Waals surface area contributed by atoms with E-state index in [-0.39, 0.29) is 27.9 Å². The van der Waals surface area contributed by atoms with Crippen molar-refractivity contribution < 1.29 is 18.0 Å². The lowest BCUT2D eigenvalue weighted by atomic mass is 10.0. The highest BCUT2D eigenvalue weighted by atomic mass is 32.1. The molecule has 142 valence electrons. The lowest BCUT2D eigenvalue weighted by Crippen LogP contribution is -2.17. The summed E-state index contributed by atoms with van der Waals surface area (Å²) >= 11 is 1.16. The lowest BCUT2D eigenvalue weighted by Gasteiger charge is -2.11. The number of rotatable bonds is 3. The van der Waals surface area contributed by atoms with Crippen LogP contribution in [0.2, 0.25) is 0 Å². The van der Waals surface area contributed by atoms with Crippen molar-refractivity contribution in [3.8, 4) is 11.3 Å². The molecular formula is C17H11F3N6OS. The van der Waals surface area contributed by atoms with E-state index in [1.165, 1.54) is 35.3 Å². The van der Waals surface area contributed by atoms with Crippen molar-refractivity contribution in [2.75, 3.05) is 5.32 Å². The molecule has 0 fully saturated rings. The van der Waals surface area contributed by atoms with E-state index in [9.17, 15) is 18.0 Å². The molecule has 1 amide bonds. The van der Waals surface area contributed by atoms with E-state index in [2.05, 4.69) is 25.4 Å². The number of carbonyl (C=O) groups is 1. The number of thiazole rings is 1. The van der Waals surface area contributed by atoms with Crippen molar-refractivity contribution >= 4 is 32.7 Å². The van der Waals surface area contributed by atoms with E-state index in [0.717, 1.165) is 17.4 Å². The van der Waals surface area contributed by atoms with E-state index in [1.54, 1.807) is 13.1 Å². The van der Waals surface area contributed by atoms with Crippen molar-refractivity contribution in [3.63, 3.8) is 0 Å².